The minimum absolute atomic E-state index is 0.473. The molecule has 0 amide bonds. The van der Waals surface area contributed by atoms with Crippen molar-refractivity contribution in [1.82, 2.24) is 9.78 Å². The van der Waals surface area contributed by atoms with Crippen molar-refractivity contribution in [3.63, 3.8) is 0 Å². The van der Waals surface area contributed by atoms with Gasteiger partial charge in [0.25, 0.3) is 0 Å². The van der Waals surface area contributed by atoms with Crippen LogP contribution in [0.25, 0.3) is 5.69 Å². The molecule has 0 bridgehead atoms. The Morgan fingerprint density at radius 3 is 2.86 bits per heavy atom. The summed E-state index contributed by atoms with van der Waals surface area (Å²) in [6.45, 7) is 0.473. The van der Waals surface area contributed by atoms with Crippen LogP contribution in [0.1, 0.15) is 5.69 Å². The maximum atomic E-state index is 5.49. The number of halogens is 1. The highest BCUT2D eigenvalue weighted by Crippen LogP contribution is 2.14. The third-order valence-electron chi connectivity index (χ3n) is 1.93. The van der Waals surface area contributed by atoms with E-state index in [1.54, 1.807) is 0 Å². The van der Waals surface area contributed by atoms with Crippen LogP contribution in [-0.2, 0) is 6.54 Å². The number of nitrogens with zero attached hydrogens (tertiary/aromatic N) is 2. The van der Waals surface area contributed by atoms with E-state index < -0.39 is 0 Å². The van der Waals surface area contributed by atoms with Crippen LogP contribution in [0.3, 0.4) is 0 Å². The first-order valence-corrected chi connectivity index (χ1v) is 5.09. The fourth-order valence-corrected chi connectivity index (χ4v) is 1.62. The van der Waals surface area contributed by atoms with E-state index in [9.17, 15) is 0 Å². The Labute approximate surface area is 90.7 Å². The van der Waals surface area contributed by atoms with Gasteiger partial charge in [-0.05, 0) is 24.3 Å². The lowest BCUT2D eigenvalue weighted by Crippen LogP contribution is -2.00. The molecule has 3 nitrogen and oxygen atoms in total. The second kappa shape index (κ2) is 3.94. The summed E-state index contributed by atoms with van der Waals surface area (Å²) in [5.74, 6) is 0. The molecule has 0 radical (unpaired) electrons. The number of hydrogen-bond donors (Lipinski definition) is 1. The molecule has 2 rings (SSSR count). The summed E-state index contributed by atoms with van der Waals surface area (Å²) < 4.78 is 2.85. The standard InChI is InChI=1S/C10H10BrN3/c11-8-2-1-3-10(6-8)14-5-4-9(7-12)13-14/h1-6H,7,12H2. The highest BCUT2D eigenvalue weighted by Gasteiger charge is 1.99. The molecule has 1 aromatic heterocycles. The molecule has 1 aromatic carbocycles. The van der Waals surface area contributed by atoms with Gasteiger partial charge in [-0.2, -0.15) is 5.10 Å². The van der Waals surface area contributed by atoms with Gasteiger partial charge in [-0.15, -0.1) is 0 Å². The Bertz CT molecular complexity index is 436. The highest BCUT2D eigenvalue weighted by molar-refractivity contribution is 9.10. The third-order valence-corrected chi connectivity index (χ3v) is 2.42. The molecule has 0 atom stereocenters. The van der Waals surface area contributed by atoms with E-state index in [0.717, 1.165) is 15.9 Å². The van der Waals surface area contributed by atoms with Crippen molar-refractivity contribution < 1.29 is 0 Å². The maximum absolute atomic E-state index is 5.49. The molecular formula is C10H10BrN3. The van der Waals surface area contributed by atoms with Crippen LogP contribution in [0, 0.1) is 0 Å². The molecule has 0 spiro atoms. The van der Waals surface area contributed by atoms with Crippen molar-refractivity contribution in [1.29, 1.82) is 0 Å². The van der Waals surface area contributed by atoms with Gasteiger partial charge >= 0.3 is 0 Å². The quantitative estimate of drug-likeness (QED) is 0.889. The van der Waals surface area contributed by atoms with Gasteiger partial charge in [-0.3, -0.25) is 0 Å². The first kappa shape index (κ1) is 9.43. The van der Waals surface area contributed by atoms with E-state index in [1.807, 2.05) is 41.2 Å². The Kier molecular flexibility index (Phi) is 2.65. The lowest BCUT2D eigenvalue weighted by atomic mass is 10.3. The van der Waals surface area contributed by atoms with Crippen molar-refractivity contribution in [3.8, 4) is 5.69 Å². The van der Waals surface area contributed by atoms with Gasteiger partial charge in [0, 0.05) is 17.2 Å². The molecule has 2 aromatic rings. The van der Waals surface area contributed by atoms with Crippen molar-refractivity contribution in [2.75, 3.05) is 0 Å². The van der Waals surface area contributed by atoms with Crippen LogP contribution in [0.5, 0.6) is 0 Å². The molecule has 4 heteroatoms. The van der Waals surface area contributed by atoms with Crippen LogP contribution in [0.2, 0.25) is 0 Å². The van der Waals surface area contributed by atoms with Crippen LogP contribution >= 0.6 is 15.9 Å². The van der Waals surface area contributed by atoms with E-state index in [0.29, 0.717) is 6.54 Å². The average molecular weight is 252 g/mol. The summed E-state index contributed by atoms with van der Waals surface area (Å²) >= 11 is 3.42. The fourth-order valence-electron chi connectivity index (χ4n) is 1.23. The SMILES string of the molecule is NCc1ccn(-c2cccc(Br)c2)n1. The van der Waals surface area contributed by atoms with Crippen molar-refractivity contribution in [3.05, 3.63) is 46.7 Å². The zero-order valence-corrected chi connectivity index (χ0v) is 9.11. The Morgan fingerprint density at radius 2 is 2.21 bits per heavy atom. The molecule has 0 fully saturated rings. The summed E-state index contributed by atoms with van der Waals surface area (Å²) in [6.07, 6.45) is 1.91. The molecule has 0 aliphatic carbocycles. The molecule has 2 N–H and O–H groups in total. The van der Waals surface area contributed by atoms with Gasteiger partial charge < -0.3 is 5.73 Å². The van der Waals surface area contributed by atoms with Gasteiger partial charge in [0.05, 0.1) is 11.4 Å². The van der Waals surface area contributed by atoms with Crippen molar-refractivity contribution in [2.45, 2.75) is 6.54 Å². The average Bonchev–Trinajstić information content (AvgIpc) is 2.66. The molecule has 0 saturated carbocycles. The van der Waals surface area contributed by atoms with Gasteiger partial charge in [-0.25, -0.2) is 4.68 Å². The zero-order valence-electron chi connectivity index (χ0n) is 7.52. The summed E-state index contributed by atoms with van der Waals surface area (Å²) in [6, 6.07) is 9.88. The number of aromatic nitrogens is 2. The van der Waals surface area contributed by atoms with Crippen LogP contribution < -0.4 is 5.73 Å². The lowest BCUT2D eigenvalue weighted by Gasteiger charge is -2.00. The molecule has 14 heavy (non-hydrogen) atoms. The topological polar surface area (TPSA) is 43.8 Å². The fraction of sp³-hybridized carbons (Fsp3) is 0.100. The monoisotopic (exact) mass is 251 g/mol. The second-order valence-electron chi connectivity index (χ2n) is 2.94. The Hall–Kier alpha value is -1.13. The van der Waals surface area contributed by atoms with Gasteiger partial charge in [-0.1, -0.05) is 22.0 Å². The highest BCUT2D eigenvalue weighted by atomic mass is 79.9. The summed E-state index contributed by atoms with van der Waals surface area (Å²) in [5.41, 5.74) is 7.41. The zero-order chi connectivity index (χ0) is 9.97. The number of rotatable bonds is 2. The predicted octanol–water partition coefficient (Wildman–Crippen LogP) is 2.09. The Balaban J connectivity index is 2.39. The van der Waals surface area contributed by atoms with E-state index in [1.165, 1.54) is 0 Å². The lowest BCUT2D eigenvalue weighted by molar-refractivity contribution is 0.833. The number of hydrogen-bond acceptors (Lipinski definition) is 2. The van der Waals surface area contributed by atoms with E-state index in [2.05, 4.69) is 21.0 Å². The summed E-state index contributed by atoms with van der Waals surface area (Å²) in [5, 5.41) is 4.31. The Morgan fingerprint density at radius 1 is 1.36 bits per heavy atom. The summed E-state index contributed by atoms with van der Waals surface area (Å²) in [7, 11) is 0. The van der Waals surface area contributed by atoms with Gasteiger partial charge in [0.2, 0.25) is 0 Å². The molecule has 0 unspecified atom stereocenters. The van der Waals surface area contributed by atoms with Gasteiger partial charge in [0.1, 0.15) is 0 Å². The minimum Gasteiger partial charge on any atom is -0.325 e. The molecule has 1 heterocycles. The summed E-state index contributed by atoms with van der Waals surface area (Å²) in [4.78, 5) is 0. The van der Waals surface area contributed by atoms with Crippen LogP contribution in [0.15, 0.2) is 41.0 Å². The van der Waals surface area contributed by atoms with Crippen molar-refractivity contribution >= 4 is 15.9 Å². The van der Waals surface area contributed by atoms with Crippen LogP contribution in [-0.4, -0.2) is 9.78 Å². The molecular weight excluding hydrogens is 242 g/mol. The minimum atomic E-state index is 0.473. The first-order chi connectivity index (χ1) is 6.79. The van der Waals surface area contributed by atoms with E-state index >= 15 is 0 Å². The molecule has 0 aliphatic rings. The van der Waals surface area contributed by atoms with Crippen molar-refractivity contribution in [2.24, 2.45) is 5.73 Å². The van der Waals surface area contributed by atoms with Crippen LogP contribution in [0.4, 0.5) is 0 Å². The normalized spacial score (nSPS) is 10.4. The molecule has 0 aliphatic heterocycles. The predicted molar refractivity (Wildman–Crippen MR) is 59.2 cm³/mol. The molecule has 0 saturated heterocycles. The largest absolute Gasteiger partial charge is 0.325 e. The number of nitrogens with two attached hydrogens (primary N) is 1. The smallest absolute Gasteiger partial charge is 0.0764 e. The van der Waals surface area contributed by atoms with E-state index in [4.69, 9.17) is 5.73 Å². The number of benzene rings is 1. The third kappa shape index (κ3) is 1.86. The van der Waals surface area contributed by atoms with Gasteiger partial charge in [0.15, 0.2) is 0 Å². The van der Waals surface area contributed by atoms with E-state index in [-0.39, 0.29) is 0 Å². The second-order valence-corrected chi connectivity index (χ2v) is 3.85. The molecule has 72 valence electrons. The first-order valence-electron chi connectivity index (χ1n) is 4.30. The maximum Gasteiger partial charge on any atom is 0.0764 e.